The molecule has 0 saturated carbocycles. The normalized spacial score (nSPS) is 13.1. The van der Waals surface area contributed by atoms with Crippen molar-refractivity contribution < 1.29 is 22.4 Å². The van der Waals surface area contributed by atoms with Gasteiger partial charge in [-0.2, -0.15) is 13.2 Å². The lowest BCUT2D eigenvalue weighted by molar-refractivity contribution is -0.137. The number of carbonyl (C=O) groups excluding carboxylic acids is 1. The van der Waals surface area contributed by atoms with E-state index in [1.165, 1.54) is 12.1 Å². The van der Waals surface area contributed by atoms with Gasteiger partial charge in [0.05, 0.1) is 24.3 Å². The number of carbonyl (C=O) groups is 1. The van der Waals surface area contributed by atoms with Crippen molar-refractivity contribution in [3.63, 3.8) is 0 Å². The molecule has 1 atom stereocenters. The predicted molar refractivity (Wildman–Crippen MR) is 83.3 cm³/mol. The number of amides is 1. The van der Waals surface area contributed by atoms with E-state index in [4.69, 9.17) is 4.42 Å². The maximum absolute atomic E-state index is 12.5. The number of hydrogen-bond acceptors (Lipinski definition) is 3. The highest BCUT2D eigenvalue weighted by Gasteiger charge is 2.30. The van der Waals surface area contributed by atoms with E-state index in [-0.39, 0.29) is 18.4 Å². The zero-order chi connectivity index (χ0) is 17.7. The number of benzene rings is 1. The fourth-order valence-corrected chi connectivity index (χ4v) is 2.29. The van der Waals surface area contributed by atoms with Crippen LogP contribution in [0.3, 0.4) is 0 Å². The van der Waals surface area contributed by atoms with Gasteiger partial charge < -0.3 is 9.73 Å². The molecule has 1 N–H and O–H groups in total. The molecule has 0 spiro atoms. The number of halogens is 3. The summed E-state index contributed by atoms with van der Waals surface area (Å²) in [5.74, 6) is 0.475. The highest BCUT2D eigenvalue weighted by Crippen LogP contribution is 2.29. The van der Waals surface area contributed by atoms with Gasteiger partial charge in [0.15, 0.2) is 0 Å². The molecule has 1 heterocycles. The maximum atomic E-state index is 12.5. The van der Waals surface area contributed by atoms with Crippen LogP contribution in [-0.4, -0.2) is 31.4 Å². The van der Waals surface area contributed by atoms with Gasteiger partial charge in [-0.3, -0.25) is 9.69 Å². The molecular formula is C17H19F3N2O2. The molecule has 2 rings (SSSR count). The Morgan fingerprint density at radius 2 is 1.88 bits per heavy atom. The van der Waals surface area contributed by atoms with Crippen LogP contribution in [0.2, 0.25) is 0 Å². The van der Waals surface area contributed by atoms with E-state index in [0.717, 1.165) is 17.9 Å². The van der Waals surface area contributed by atoms with Crippen molar-refractivity contribution >= 4 is 5.91 Å². The summed E-state index contributed by atoms with van der Waals surface area (Å²) < 4.78 is 42.9. The number of nitrogens with zero attached hydrogens (tertiary/aromatic N) is 1. The Morgan fingerprint density at radius 1 is 1.21 bits per heavy atom. The lowest BCUT2D eigenvalue weighted by Gasteiger charge is -2.22. The minimum atomic E-state index is -4.37. The Bertz CT molecular complexity index is 649. The molecule has 130 valence electrons. The third-order valence-corrected chi connectivity index (χ3v) is 3.63. The standard InChI is InChI=1S/C17H19F3N2O2/c1-22(2)14(15-4-3-9-24-15)11-21-16(23)10-12-5-7-13(8-6-12)17(18,19)20/h3-9,14H,10-11H2,1-2H3,(H,21,23). The van der Waals surface area contributed by atoms with Gasteiger partial charge in [0.25, 0.3) is 0 Å². The molecule has 24 heavy (non-hydrogen) atoms. The van der Waals surface area contributed by atoms with Gasteiger partial charge in [0.1, 0.15) is 5.76 Å². The second kappa shape index (κ2) is 7.53. The summed E-state index contributed by atoms with van der Waals surface area (Å²) in [7, 11) is 3.74. The predicted octanol–water partition coefficient (Wildman–Crippen LogP) is 3.26. The van der Waals surface area contributed by atoms with Gasteiger partial charge in [-0.15, -0.1) is 0 Å². The highest BCUT2D eigenvalue weighted by atomic mass is 19.4. The molecule has 1 amide bonds. The largest absolute Gasteiger partial charge is 0.468 e. The minimum absolute atomic E-state index is 0.0242. The molecule has 0 fully saturated rings. The Hall–Kier alpha value is -2.28. The monoisotopic (exact) mass is 340 g/mol. The fraction of sp³-hybridized carbons (Fsp3) is 0.353. The number of likely N-dealkylation sites (N-methyl/N-ethyl adjacent to an activating group) is 1. The van der Waals surface area contributed by atoms with E-state index in [1.54, 1.807) is 12.3 Å². The topological polar surface area (TPSA) is 45.5 Å². The number of furan rings is 1. The quantitative estimate of drug-likeness (QED) is 0.878. The third kappa shape index (κ3) is 4.86. The van der Waals surface area contributed by atoms with E-state index in [2.05, 4.69) is 5.32 Å². The third-order valence-electron chi connectivity index (χ3n) is 3.63. The van der Waals surface area contributed by atoms with Crippen molar-refractivity contribution in [3.8, 4) is 0 Å². The molecule has 0 aliphatic heterocycles. The second-order valence-corrected chi connectivity index (χ2v) is 5.67. The molecular weight excluding hydrogens is 321 g/mol. The molecule has 0 radical (unpaired) electrons. The van der Waals surface area contributed by atoms with Gasteiger partial charge in [0, 0.05) is 6.54 Å². The SMILES string of the molecule is CN(C)C(CNC(=O)Cc1ccc(C(F)(F)F)cc1)c1ccco1. The summed E-state index contributed by atoms with van der Waals surface area (Å²) in [5.41, 5.74) is -0.197. The molecule has 1 unspecified atom stereocenters. The molecule has 0 aliphatic rings. The van der Waals surface area contributed by atoms with E-state index >= 15 is 0 Å². The van der Waals surface area contributed by atoms with Crippen LogP contribution in [0.5, 0.6) is 0 Å². The highest BCUT2D eigenvalue weighted by molar-refractivity contribution is 5.78. The number of hydrogen-bond donors (Lipinski definition) is 1. The zero-order valence-corrected chi connectivity index (χ0v) is 13.4. The zero-order valence-electron chi connectivity index (χ0n) is 13.4. The summed E-state index contributed by atoms with van der Waals surface area (Å²) in [6.45, 7) is 0.347. The lowest BCUT2D eigenvalue weighted by Crippen LogP contribution is -2.35. The smallest absolute Gasteiger partial charge is 0.416 e. The van der Waals surface area contributed by atoms with E-state index < -0.39 is 11.7 Å². The molecule has 1 aromatic heterocycles. The van der Waals surface area contributed by atoms with Gasteiger partial charge in [-0.1, -0.05) is 12.1 Å². The molecule has 7 heteroatoms. The average Bonchev–Trinajstić information content (AvgIpc) is 3.00. The van der Waals surface area contributed by atoms with Crippen molar-refractivity contribution in [2.75, 3.05) is 20.6 Å². The van der Waals surface area contributed by atoms with Crippen LogP contribution in [0.4, 0.5) is 13.2 Å². The second-order valence-electron chi connectivity index (χ2n) is 5.67. The van der Waals surface area contributed by atoms with Gasteiger partial charge in [0.2, 0.25) is 5.91 Å². The van der Waals surface area contributed by atoms with Crippen molar-refractivity contribution in [1.29, 1.82) is 0 Å². The maximum Gasteiger partial charge on any atom is 0.416 e. The van der Waals surface area contributed by atoms with Crippen molar-refractivity contribution in [3.05, 3.63) is 59.5 Å². The van der Waals surface area contributed by atoms with E-state index in [0.29, 0.717) is 12.1 Å². The molecule has 0 saturated heterocycles. The summed E-state index contributed by atoms with van der Waals surface area (Å²) in [5, 5.41) is 2.78. The lowest BCUT2D eigenvalue weighted by atomic mass is 10.1. The van der Waals surface area contributed by atoms with Crippen LogP contribution < -0.4 is 5.32 Å². The molecule has 0 bridgehead atoms. The first-order valence-electron chi connectivity index (χ1n) is 7.40. The van der Waals surface area contributed by atoms with Crippen molar-refractivity contribution in [2.45, 2.75) is 18.6 Å². The van der Waals surface area contributed by atoms with E-state index in [1.807, 2.05) is 25.1 Å². The van der Waals surface area contributed by atoms with Crippen LogP contribution in [0.15, 0.2) is 47.1 Å². The van der Waals surface area contributed by atoms with Crippen LogP contribution in [0, 0.1) is 0 Å². The average molecular weight is 340 g/mol. The van der Waals surface area contributed by atoms with Gasteiger partial charge in [-0.05, 0) is 43.9 Å². The molecule has 2 aromatic rings. The van der Waals surface area contributed by atoms with Crippen molar-refractivity contribution in [1.82, 2.24) is 10.2 Å². The molecule has 4 nitrogen and oxygen atoms in total. The van der Waals surface area contributed by atoms with Crippen LogP contribution in [-0.2, 0) is 17.4 Å². The Kier molecular flexibility index (Phi) is 5.66. The molecule has 1 aromatic carbocycles. The first-order valence-corrected chi connectivity index (χ1v) is 7.40. The fourth-order valence-electron chi connectivity index (χ4n) is 2.29. The number of alkyl halides is 3. The Morgan fingerprint density at radius 3 is 2.38 bits per heavy atom. The summed E-state index contributed by atoms with van der Waals surface area (Å²) in [4.78, 5) is 13.9. The van der Waals surface area contributed by atoms with Gasteiger partial charge >= 0.3 is 6.18 Å². The van der Waals surface area contributed by atoms with E-state index in [9.17, 15) is 18.0 Å². The van der Waals surface area contributed by atoms with Crippen LogP contribution >= 0.6 is 0 Å². The van der Waals surface area contributed by atoms with Crippen LogP contribution in [0.1, 0.15) is 22.9 Å². The van der Waals surface area contributed by atoms with Crippen LogP contribution in [0.25, 0.3) is 0 Å². The summed E-state index contributed by atoms with van der Waals surface area (Å²) in [6, 6.07) is 8.08. The first kappa shape index (κ1) is 18.1. The number of rotatable bonds is 6. The minimum Gasteiger partial charge on any atom is -0.468 e. The number of nitrogens with one attached hydrogen (secondary N) is 1. The Balaban J connectivity index is 1.91. The summed E-state index contributed by atoms with van der Waals surface area (Å²) >= 11 is 0. The summed E-state index contributed by atoms with van der Waals surface area (Å²) in [6.07, 6.45) is -2.78. The van der Waals surface area contributed by atoms with Gasteiger partial charge in [-0.25, -0.2) is 0 Å². The van der Waals surface area contributed by atoms with Crippen molar-refractivity contribution in [2.24, 2.45) is 0 Å². The Labute approximate surface area is 138 Å². The first-order chi connectivity index (χ1) is 11.3. The molecule has 0 aliphatic carbocycles.